The largest absolute Gasteiger partial charge is 0.444 e. The standard InChI is InChI=1S/C16H20N2O3/c1-14(2,3)21-13(20)18-16-8-15(9-16,10-16)12-5-4-11(7-19)6-17-12/h4-7H,8-10H2,1-3H3,(H,18,20)/t15-,16+. The lowest BCUT2D eigenvalue weighted by Crippen LogP contribution is -2.77. The van der Waals surface area contributed by atoms with Crippen molar-refractivity contribution in [3.63, 3.8) is 0 Å². The van der Waals surface area contributed by atoms with Gasteiger partial charge in [0.05, 0.1) is 0 Å². The summed E-state index contributed by atoms with van der Waals surface area (Å²) in [4.78, 5) is 26.8. The van der Waals surface area contributed by atoms with Crippen molar-refractivity contribution < 1.29 is 14.3 Å². The van der Waals surface area contributed by atoms with E-state index in [-0.39, 0.29) is 17.0 Å². The third-order valence-electron chi connectivity index (χ3n) is 4.26. The van der Waals surface area contributed by atoms with Crippen LogP contribution in [-0.2, 0) is 10.2 Å². The maximum atomic E-state index is 11.8. The van der Waals surface area contributed by atoms with Crippen LogP contribution in [0.4, 0.5) is 4.79 Å². The Balaban J connectivity index is 1.59. The van der Waals surface area contributed by atoms with Crippen molar-refractivity contribution in [2.45, 2.75) is 56.6 Å². The van der Waals surface area contributed by atoms with Gasteiger partial charge in [0.25, 0.3) is 0 Å². The third-order valence-corrected chi connectivity index (χ3v) is 4.26. The summed E-state index contributed by atoms with van der Waals surface area (Å²) in [7, 11) is 0. The Labute approximate surface area is 124 Å². The highest BCUT2D eigenvalue weighted by atomic mass is 16.6. The van der Waals surface area contributed by atoms with Gasteiger partial charge in [-0.15, -0.1) is 0 Å². The number of aldehydes is 1. The molecule has 1 heterocycles. The first-order chi connectivity index (χ1) is 9.76. The van der Waals surface area contributed by atoms with E-state index in [1.54, 1.807) is 12.3 Å². The van der Waals surface area contributed by atoms with Crippen LogP contribution in [-0.4, -0.2) is 28.5 Å². The van der Waals surface area contributed by atoms with Gasteiger partial charge in [0.15, 0.2) is 6.29 Å². The Morgan fingerprint density at radius 1 is 1.33 bits per heavy atom. The molecule has 3 aliphatic rings. The summed E-state index contributed by atoms with van der Waals surface area (Å²) in [5.74, 6) is 0. The second kappa shape index (κ2) is 4.29. The highest BCUT2D eigenvalue weighted by Gasteiger charge is 2.70. The lowest BCUT2D eigenvalue weighted by molar-refractivity contribution is -0.0908. The topological polar surface area (TPSA) is 68.3 Å². The van der Waals surface area contributed by atoms with E-state index in [0.717, 1.165) is 31.2 Å². The lowest BCUT2D eigenvalue weighted by Gasteiger charge is -2.70. The van der Waals surface area contributed by atoms with Crippen molar-refractivity contribution in [1.82, 2.24) is 10.3 Å². The average Bonchev–Trinajstić information content (AvgIpc) is 2.30. The first-order valence-corrected chi connectivity index (χ1v) is 7.19. The SMILES string of the molecule is CC(C)(C)OC(=O)N[C@]12C[C@](c3ccc(C=O)cn3)(C1)C2. The number of amides is 1. The van der Waals surface area contributed by atoms with Crippen molar-refractivity contribution in [3.05, 3.63) is 29.6 Å². The van der Waals surface area contributed by atoms with Crippen LogP contribution in [0.15, 0.2) is 18.3 Å². The normalized spacial score (nSPS) is 29.9. The molecule has 3 fully saturated rings. The molecule has 3 aliphatic carbocycles. The van der Waals surface area contributed by atoms with E-state index in [2.05, 4.69) is 10.3 Å². The first-order valence-electron chi connectivity index (χ1n) is 7.19. The first kappa shape index (κ1) is 14.0. The Bertz CT molecular complexity index is 567. The summed E-state index contributed by atoms with van der Waals surface area (Å²) in [6.45, 7) is 5.57. The molecule has 1 N–H and O–H groups in total. The Morgan fingerprint density at radius 3 is 2.48 bits per heavy atom. The summed E-state index contributed by atoms with van der Waals surface area (Å²) in [5.41, 5.74) is 1.09. The molecule has 2 bridgehead atoms. The zero-order chi connectivity index (χ0) is 15.3. The number of alkyl carbamates (subject to hydrolysis) is 1. The summed E-state index contributed by atoms with van der Waals surface area (Å²) < 4.78 is 5.30. The number of pyridine rings is 1. The monoisotopic (exact) mass is 288 g/mol. The number of ether oxygens (including phenoxy) is 1. The van der Waals surface area contributed by atoms with E-state index in [1.807, 2.05) is 26.8 Å². The summed E-state index contributed by atoms with van der Waals surface area (Å²) in [6, 6.07) is 3.71. The number of aromatic nitrogens is 1. The zero-order valence-electron chi connectivity index (χ0n) is 12.6. The van der Waals surface area contributed by atoms with Crippen LogP contribution in [0.2, 0.25) is 0 Å². The molecule has 3 saturated carbocycles. The average molecular weight is 288 g/mol. The summed E-state index contributed by atoms with van der Waals surface area (Å²) in [5, 5.41) is 2.99. The molecule has 0 aliphatic heterocycles. The fourth-order valence-electron chi connectivity index (χ4n) is 3.50. The van der Waals surface area contributed by atoms with Crippen LogP contribution in [0.5, 0.6) is 0 Å². The molecule has 0 spiro atoms. The van der Waals surface area contributed by atoms with Gasteiger partial charge in [0.2, 0.25) is 0 Å². The molecule has 0 atom stereocenters. The van der Waals surface area contributed by atoms with Gasteiger partial charge in [-0.3, -0.25) is 9.78 Å². The fraction of sp³-hybridized carbons (Fsp3) is 0.562. The van der Waals surface area contributed by atoms with Crippen LogP contribution < -0.4 is 5.32 Å². The molecule has 1 amide bonds. The number of carbonyl (C=O) groups is 2. The minimum absolute atomic E-state index is 0.0798. The molecule has 112 valence electrons. The lowest BCUT2D eigenvalue weighted by atomic mass is 9.38. The molecule has 21 heavy (non-hydrogen) atoms. The van der Waals surface area contributed by atoms with E-state index >= 15 is 0 Å². The van der Waals surface area contributed by atoms with Gasteiger partial charge < -0.3 is 10.1 Å². The number of nitrogens with zero attached hydrogens (tertiary/aromatic N) is 1. The van der Waals surface area contributed by atoms with Crippen molar-refractivity contribution in [2.75, 3.05) is 0 Å². The number of rotatable bonds is 3. The Hall–Kier alpha value is -1.91. The van der Waals surface area contributed by atoms with Gasteiger partial charge in [0, 0.05) is 28.4 Å². The minimum Gasteiger partial charge on any atom is -0.444 e. The second-order valence-corrected chi connectivity index (χ2v) is 7.31. The van der Waals surface area contributed by atoms with E-state index < -0.39 is 5.60 Å². The van der Waals surface area contributed by atoms with E-state index in [9.17, 15) is 9.59 Å². The van der Waals surface area contributed by atoms with Gasteiger partial charge in [-0.2, -0.15) is 0 Å². The number of nitrogens with one attached hydrogen (secondary N) is 1. The smallest absolute Gasteiger partial charge is 0.408 e. The number of hydrogen-bond acceptors (Lipinski definition) is 4. The van der Waals surface area contributed by atoms with Gasteiger partial charge in [-0.1, -0.05) is 0 Å². The summed E-state index contributed by atoms with van der Waals surface area (Å²) >= 11 is 0. The van der Waals surface area contributed by atoms with E-state index in [0.29, 0.717) is 5.56 Å². The van der Waals surface area contributed by atoms with Gasteiger partial charge >= 0.3 is 6.09 Å². The van der Waals surface area contributed by atoms with Crippen molar-refractivity contribution in [3.8, 4) is 0 Å². The van der Waals surface area contributed by atoms with Crippen molar-refractivity contribution >= 4 is 12.4 Å². The molecule has 1 aromatic rings. The molecule has 5 heteroatoms. The fourth-order valence-corrected chi connectivity index (χ4v) is 3.50. The number of carbonyl (C=O) groups excluding carboxylic acids is 2. The van der Waals surface area contributed by atoms with E-state index in [1.165, 1.54) is 0 Å². The zero-order valence-corrected chi connectivity index (χ0v) is 12.6. The quantitative estimate of drug-likeness (QED) is 0.868. The van der Waals surface area contributed by atoms with Crippen molar-refractivity contribution in [1.29, 1.82) is 0 Å². The Morgan fingerprint density at radius 2 is 2.00 bits per heavy atom. The molecule has 4 rings (SSSR count). The van der Waals surface area contributed by atoms with Crippen LogP contribution in [0.25, 0.3) is 0 Å². The predicted octanol–water partition coefficient (Wildman–Crippen LogP) is 2.59. The third kappa shape index (κ3) is 2.41. The number of hydrogen-bond donors (Lipinski definition) is 1. The molecule has 0 aromatic carbocycles. The van der Waals surface area contributed by atoms with Crippen LogP contribution >= 0.6 is 0 Å². The van der Waals surface area contributed by atoms with Gasteiger partial charge in [0.1, 0.15) is 5.60 Å². The molecule has 0 unspecified atom stereocenters. The molecule has 5 nitrogen and oxygen atoms in total. The minimum atomic E-state index is -0.475. The molecule has 0 radical (unpaired) electrons. The molecule has 1 aromatic heterocycles. The van der Waals surface area contributed by atoms with Crippen LogP contribution in [0.3, 0.4) is 0 Å². The van der Waals surface area contributed by atoms with Gasteiger partial charge in [-0.05, 0) is 52.2 Å². The highest BCUT2D eigenvalue weighted by molar-refractivity contribution is 5.74. The highest BCUT2D eigenvalue weighted by Crippen LogP contribution is 2.67. The maximum Gasteiger partial charge on any atom is 0.408 e. The Kier molecular flexibility index (Phi) is 2.87. The van der Waals surface area contributed by atoms with Crippen LogP contribution in [0.1, 0.15) is 56.1 Å². The van der Waals surface area contributed by atoms with Gasteiger partial charge in [-0.25, -0.2) is 4.79 Å². The van der Waals surface area contributed by atoms with Crippen molar-refractivity contribution in [2.24, 2.45) is 0 Å². The molecular weight excluding hydrogens is 268 g/mol. The predicted molar refractivity (Wildman–Crippen MR) is 77.3 cm³/mol. The maximum absolute atomic E-state index is 11.8. The molecule has 0 saturated heterocycles. The van der Waals surface area contributed by atoms with Crippen LogP contribution in [0, 0.1) is 0 Å². The molecular formula is C16H20N2O3. The van der Waals surface area contributed by atoms with E-state index in [4.69, 9.17) is 4.74 Å². The summed E-state index contributed by atoms with van der Waals surface area (Å²) in [6.07, 6.45) is 4.74. The second-order valence-electron chi connectivity index (χ2n) is 7.31.